The van der Waals surface area contributed by atoms with E-state index in [2.05, 4.69) is 5.32 Å². The number of hydrogen-bond acceptors (Lipinski definition) is 2. The van der Waals surface area contributed by atoms with Crippen molar-refractivity contribution in [3.63, 3.8) is 0 Å². The quantitative estimate of drug-likeness (QED) is 0.858. The molecule has 17 heavy (non-hydrogen) atoms. The van der Waals surface area contributed by atoms with Gasteiger partial charge in [-0.25, -0.2) is 4.79 Å². The van der Waals surface area contributed by atoms with E-state index in [1.54, 1.807) is 6.26 Å². The summed E-state index contributed by atoms with van der Waals surface area (Å²) in [6, 6.07) is 3.73. The SMILES string of the molecule is O=C(NCc1ccco1)N1CCCCCCC1. The maximum Gasteiger partial charge on any atom is 0.317 e. The zero-order valence-electron chi connectivity index (χ0n) is 10.2. The molecule has 4 nitrogen and oxygen atoms in total. The van der Waals surface area contributed by atoms with E-state index >= 15 is 0 Å². The van der Waals surface area contributed by atoms with Crippen molar-refractivity contribution in [1.29, 1.82) is 0 Å². The first-order valence-electron chi connectivity index (χ1n) is 6.41. The van der Waals surface area contributed by atoms with Crippen molar-refractivity contribution in [3.8, 4) is 0 Å². The van der Waals surface area contributed by atoms with Gasteiger partial charge in [-0.05, 0) is 25.0 Å². The van der Waals surface area contributed by atoms with Gasteiger partial charge in [0.05, 0.1) is 12.8 Å². The molecule has 0 saturated carbocycles. The largest absolute Gasteiger partial charge is 0.467 e. The summed E-state index contributed by atoms with van der Waals surface area (Å²) in [5.74, 6) is 0.797. The fourth-order valence-corrected chi connectivity index (χ4v) is 2.14. The minimum Gasteiger partial charge on any atom is -0.467 e. The third kappa shape index (κ3) is 3.80. The lowest BCUT2D eigenvalue weighted by molar-refractivity contribution is 0.191. The predicted molar refractivity (Wildman–Crippen MR) is 65.6 cm³/mol. The number of urea groups is 1. The van der Waals surface area contributed by atoms with Crippen LogP contribution in [-0.2, 0) is 6.54 Å². The molecule has 0 aliphatic carbocycles. The summed E-state index contributed by atoms with van der Waals surface area (Å²) in [6.07, 6.45) is 7.64. The Bertz CT molecular complexity index is 327. The number of furan rings is 1. The second-order valence-electron chi connectivity index (χ2n) is 4.49. The van der Waals surface area contributed by atoms with Crippen molar-refractivity contribution in [2.24, 2.45) is 0 Å². The number of amides is 2. The molecule has 1 aliphatic rings. The van der Waals surface area contributed by atoms with E-state index in [0.717, 1.165) is 31.7 Å². The van der Waals surface area contributed by atoms with E-state index in [0.29, 0.717) is 6.54 Å². The molecule has 0 unspecified atom stereocenters. The predicted octanol–water partition coefficient (Wildman–Crippen LogP) is 2.76. The first-order chi connectivity index (χ1) is 8.36. The maximum atomic E-state index is 11.9. The molecule has 0 spiro atoms. The second kappa shape index (κ2) is 6.33. The Balaban J connectivity index is 1.77. The minimum absolute atomic E-state index is 0.0308. The van der Waals surface area contributed by atoms with Crippen LogP contribution in [-0.4, -0.2) is 24.0 Å². The zero-order chi connectivity index (χ0) is 11.9. The van der Waals surface area contributed by atoms with Crippen LogP contribution in [0, 0.1) is 0 Å². The molecular formula is C13H20N2O2. The van der Waals surface area contributed by atoms with E-state index < -0.39 is 0 Å². The van der Waals surface area contributed by atoms with E-state index in [1.165, 1.54) is 19.3 Å². The highest BCUT2D eigenvalue weighted by molar-refractivity contribution is 5.74. The molecule has 2 amide bonds. The number of nitrogens with zero attached hydrogens (tertiary/aromatic N) is 1. The van der Waals surface area contributed by atoms with Crippen molar-refractivity contribution in [2.75, 3.05) is 13.1 Å². The van der Waals surface area contributed by atoms with Gasteiger partial charge in [-0.15, -0.1) is 0 Å². The molecule has 1 fully saturated rings. The highest BCUT2D eigenvalue weighted by Gasteiger charge is 2.14. The summed E-state index contributed by atoms with van der Waals surface area (Å²) < 4.78 is 5.18. The summed E-state index contributed by atoms with van der Waals surface area (Å²) in [6.45, 7) is 2.23. The molecule has 2 heterocycles. The molecule has 1 saturated heterocycles. The van der Waals surface area contributed by atoms with Gasteiger partial charge in [0.2, 0.25) is 0 Å². The van der Waals surface area contributed by atoms with Gasteiger partial charge >= 0.3 is 6.03 Å². The van der Waals surface area contributed by atoms with Crippen LogP contribution in [0.1, 0.15) is 37.9 Å². The van der Waals surface area contributed by atoms with Crippen molar-refractivity contribution >= 4 is 6.03 Å². The van der Waals surface area contributed by atoms with E-state index in [4.69, 9.17) is 4.42 Å². The third-order valence-corrected chi connectivity index (χ3v) is 3.14. The zero-order valence-corrected chi connectivity index (χ0v) is 10.2. The molecule has 94 valence electrons. The summed E-state index contributed by atoms with van der Waals surface area (Å²) in [4.78, 5) is 13.9. The summed E-state index contributed by atoms with van der Waals surface area (Å²) in [5, 5.41) is 2.90. The Morgan fingerprint density at radius 1 is 1.24 bits per heavy atom. The number of likely N-dealkylation sites (tertiary alicyclic amines) is 1. The molecule has 1 aliphatic heterocycles. The number of carbonyl (C=O) groups excluding carboxylic acids is 1. The average Bonchev–Trinajstić information content (AvgIpc) is 2.78. The van der Waals surface area contributed by atoms with Crippen LogP contribution in [0.2, 0.25) is 0 Å². The summed E-state index contributed by atoms with van der Waals surface area (Å²) >= 11 is 0. The Kier molecular flexibility index (Phi) is 4.47. The van der Waals surface area contributed by atoms with Crippen molar-refractivity contribution < 1.29 is 9.21 Å². The molecule has 0 bridgehead atoms. The number of nitrogens with one attached hydrogen (secondary N) is 1. The van der Waals surface area contributed by atoms with Crippen LogP contribution in [0.4, 0.5) is 4.79 Å². The molecule has 0 radical (unpaired) electrons. The Morgan fingerprint density at radius 3 is 2.59 bits per heavy atom. The fourth-order valence-electron chi connectivity index (χ4n) is 2.14. The standard InChI is InChI=1S/C13H20N2O2/c16-13(14-11-12-7-6-10-17-12)15-8-4-2-1-3-5-9-15/h6-7,10H,1-5,8-9,11H2,(H,14,16). The highest BCUT2D eigenvalue weighted by atomic mass is 16.3. The maximum absolute atomic E-state index is 11.9. The second-order valence-corrected chi connectivity index (χ2v) is 4.49. The lowest BCUT2D eigenvalue weighted by Gasteiger charge is -2.24. The molecule has 2 rings (SSSR count). The lowest BCUT2D eigenvalue weighted by Crippen LogP contribution is -2.41. The van der Waals surface area contributed by atoms with Gasteiger partial charge in [0.25, 0.3) is 0 Å². The van der Waals surface area contributed by atoms with Crippen LogP contribution in [0.15, 0.2) is 22.8 Å². The van der Waals surface area contributed by atoms with Crippen LogP contribution >= 0.6 is 0 Å². The first kappa shape index (κ1) is 12.0. The smallest absolute Gasteiger partial charge is 0.317 e. The molecule has 0 aromatic carbocycles. The molecule has 1 aromatic heterocycles. The number of hydrogen-bond donors (Lipinski definition) is 1. The molecule has 4 heteroatoms. The van der Waals surface area contributed by atoms with Gasteiger partial charge in [-0.3, -0.25) is 0 Å². The van der Waals surface area contributed by atoms with Gasteiger partial charge < -0.3 is 14.6 Å². The Labute approximate surface area is 102 Å². The highest BCUT2D eigenvalue weighted by Crippen LogP contribution is 2.10. The van der Waals surface area contributed by atoms with Crippen molar-refractivity contribution in [3.05, 3.63) is 24.2 Å². The normalized spacial score (nSPS) is 17.3. The molecule has 1 aromatic rings. The monoisotopic (exact) mass is 236 g/mol. The Hall–Kier alpha value is -1.45. The molecular weight excluding hydrogens is 216 g/mol. The van der Waals surface area contributed by atoms with Crippen molar-refractivity contribution in [1.82, 2.24) is 10.2 Å². The van der Waals surface area contributed by atoms with E-state index in [1.807, 2.05) is 17.0 Å². The molecule has 0 atom stereocenters. The van der Waals surface area contributed by atoms with Crippen LogP contribution < -0.4 is 5.32 Å². The average molecular weight is 236 g/mol. The molecule has 1 N–H and O–H groups in total. The van der Waals surface area contributed by atoms with Gasteiger partial charge in [0.15, 0.2) is 0 Å². The van der Waals surface area contributed by atoms with Crippen LogP contribution in [0.5, 0.6) is 0 Å². The first-order valence-corrected chi connectivity index (χ1v) is 6.41. The third-order valence-electron chi connectivity index (χ3n) is 3.14. The number of rotatable bonds is 2. The fraction of sp³-hybridized carbons (Fsp3) is 0.615. The van der Waals surface area contributed by atoms with Crippen LogP contribution in [0.25, 0.3) is 0 Å². The van der Waals surface area contributed by atoms with E-state index in [-0.39, 0.29) is 6.03 Å². The van der Waals surface area contributed by atoms with Gasteiger partial charge in [0, 0.05) is 13.1 Å². The van der Waals surface area contributed by atoms with Crippen LogP contribution in [0.3, 0.4) is 0 Å². The van der Waals surface area contributed by atoms with Gasteiger partial charge in [-0.1, -0.05) is 19.3 Å². The minimum atomic E-state index is 0.0308. The lowest BCUT2D eigenvalue weighted by atomic mass is 10.1. The van der Waals surface area contributed by atoms with Gasteiger partial charge in [0.1, 0.15) is 5.76 Å². The summed E-state index contributed by atoms with van der Waals surface area (Å²) in [7, 11) is 0. The number of carbonyl (C=O) groups is 1. The van der Waals surface area contributed by atoms with Gasteiger partial charge in [-0.2, -0.15) is 0 Å². The van der Waals surface area contributed by atoms with E-state index in [9.17, 15) is 4.79 Å². The topological polar surface area (TPSA) is 45.5 Å². The summed E-state index contributed by atoms with van der Waals surface area (Å²) in [5.41, 5.74) is 0. The Morgan fingerprint density at radius 2 is 1.94 bits per heavy atom. The van der Waals surface area contributed by atoms with Crippen molar-refractivity contribution in [2.45, 2.75) is 38.6 Å².